The maximum absolute atomic E-state index is 5.82. The van der Waals surface area contributed by atoms with Gasteiger partial charge in [0.15, 0.2) is 0 Å². The van der Waals surface area contributed by atoms with Crippen molar-refractivity contribution in [1.29, 1.82) is 0 Å². The van der Waals surface area contributed by atoms with E-state index in [1.54, 1.807) is 7.11 Å². The van der Waals surface area contributed by atoms with Gasteiger partial charge in [-0.15, -0.1) is 6.58 Å². The second kappa shape index (κ2) is 10.6. The summed E-state index contributed by atoms with van der Waals surface area (Å²) < 4.78 is 10.8. The van der Waals surface area contributed by atoms with Crippen molar-refractivity contribution in [1.82, 2.24) is 0 Å². The number of para-hydroxylation sites is 1. The highest BCUT2D eigenvalue weighted by atomic mass is 16.5. The van der Waals surface area contributed by atoms with Gasteiger partial charge in [0.2, 0.25) is 0 Å². The lowest BCUT2D eigenvalue weighted by Crippen LogP contribution is -2.84. The van der Waals surface area contributed by atoms with Gasteiger partial charge in [0.05, 0.1) is 26.3 Å². The Labute approximate surface area is 116 Å². The molecule has 0 aliphatic carbocycles. The molecule has 0 aliphatic rings. The van der Waals surface area contributed by atoms with Crippen LogP contribution in [0.15, 0.2) is 36.9 Å². The van der Waals surface area contributed by atoms with Crippen molar-refractivity contribution in [3.05, 3.63) is 42.5 Å². The number of nitrogens with two attached hydrogens (primary N) is 1. The standard InChI is InChI=1S/C16H25NO2/c1-3-8-15-9-4-5-10-16(15)19-14-7-12-17-11-6-13-18-2/h3-5,9-10,17H,1,6-8,11-14H2,2H3/p+1. The molecule has 2 N–H and O–H groups in total. The summed E-state index contributed by atoms with van der Waals surface area (Å²) in [7, 11) is 1.74. The lowest BCUT2D eigenvalue weighted by Gasteiger charge is -2.09. The Bertz CT molecular complexity index is 352. The fourth-order valence-electron chi connectivity index (χ4n) is 1.89. The highest BCUT2D eigenvalue weighted by Gasteiger charge is 2.01. The van der Waals surface area contributed by atoms with E-state index in [9.17, 15) is 0 Å². The third kappa shape index (κ3) is 6.99. The molecule has 0 radical (unpaired) electrons. The molecule has 0 fully saturated rings. The van der Waals surface area contributed by atoms with Gasteiger partial charge in [0.1, 0.15) is 5.75 Å². The van der Waals surface area contributed by atoms with Gasteiger partial charge in [-0.3, -0.25) is 0 Å². The van der Waals surface area contributed by atoms with E-state index in [0.717, 1.165) is 51.3 Å². The summed E-state index contributed by atoms with van der Waals surface area (Å²) in [6, 6.07) is 8.17. The molecule has 106 valence electrons. The van der Waals surface area contributed by atoms with Crippen LogP contribution in [0.25, 0.3) is 0 Å². The molecule has 1 aromatic carbocycles. The minimum Gasteiger partial charge on any atom is -0.493 e. The Morgan fingerprint density at radius 1 is 1.16 bits per heavy atom. The van der Waals surface area contributed by atoms with Crippen LogP contribution in [0.1, 0.15) is 18.4 Å². The van der Waals surface area contributed by atoms with E-state index >= 15 is 0 Å². The van der Waals surface area contributed by atoms with E-state index in [-0.39, 0.29) is 0 Å². The Morgan fingerprint density at radius 2 is 1.89 bits per heavy atom. The van der Waals surface area contributed by atoms with Crippen LogP contribution >= 0.6 is 0 Å². The van der Waals surface area contributed by atoms with Crippen LogP contribution in [0.4, 0.5) is 0 Å². The number of benzene rings is 1. The van der Waals surface area contributed by atoms with Crippen LogP contribution < -0.4 is 10.1 Å². The average Bonchev–Trinajstić information content (AvgIpc) is 2.44. The van der Waals surface area contributed by atoms with Gasteiger partial charge in [0, 0.05) is 20.0 Å². The van der Waals surface area contributed by atoms with Gasteiger partial charge in [0.25, 0.3) is 0 Å². The first-order valence-electron chi connectivity index (χ1n) is 7.00. The first-order valence-corrected chi connectivity index (χ1v) is 7.00. The number of methoxy groups -OCH3 is 1. The Morgan fingerprint density at radius 3 is 2.63 bits per heavy atom. The maximum Gasteiger partial charge on any atom is 0.122 e. The summed E-state index contributed by atoms with van der Waals surface area (Å²) in [6.07, 6.45) is 4.94. The van der Waals surface area contributed by atoms with E-state index < -0.39 is 0 Å². The van der Waals surface area contributed by atoms with Crippen LogP contribution in [0.3, 0.4) is 0 Å². The fraction of sp³-hybridized carbons (Fsp3) is 0.500. The molecule has 19 heavy (non-hydrogen) atoms. The first kappa shape index (κ1) is 15.7. The predicted molar refractivity (Wildman–Crippen MR) is 78.6 cm³/mol. The van der Waals surface area contributed by atoms with Crippen LogP contribution in [0.2, 0.25) is 0 Å². The average molecular weight is 264 g/mol. The highest BCUT2D eigenvalue weighted by Crippen LogP contribution is 2.18. The minimum atomic E-state index is 0.773. The number of quaternary nitrogens is 1. The number of hydrogen-bond donors (Lipinski definition) is 1. The van der Waals surface area contributed by atoms with Gasteiger partial charge in [-0.05, 0) is 18.1 Å². The van der Waals surface area contributed by atoms with Gasteiger partial charge in [-0.1, -0.05) is 24.3 Å². The molecule has 0 heterocycles. The highest BCUT2D eigenvalue weighted by molar-refractivity contribution is 5.34. The predicted octanol–water partition coefficient (Wildman–Crippen LogP) is 1.78. The molecule has 0 unspecified atom stereocenters. The third-order valence-corrected chi connectivity index (χ3v) is 2.90. The molecule has 0 saturated carbocycles. The molecular formula is C16H26NO2+. The monoisotopic (exact) mass is 264 g/mol. The Kier molecular flexibility index (Phi) is 8.77. The SMILES string of the molecule is C=CCc1ccccc1OCCC[NH2+]CCCOC. The second-order valence-corrected chi connectivity index (χ2v) is 4.51. The molecule has 0 bridgehead atoms. The van der Waals surface area contributed by atoms with Crippen molar-refractivity contribution in [2.45, 2.75) is 19.3 Å². The summed E-state index contributed by atoms with van der Waals surface area (Å²) in [5.74, 6) is 0.988. The van der Waals surface area contributed by atoms with E-state index in [0.29, 0.717) is 0 Å². The molecule has 0 amide bonds. The summed E-state index contributed by atoms with van der Waals surface area (Å²) >= 11 is 0. The molecule has 0 spiro atoms. The summed E-state index contributed by atoms with van der Waals surface area (Å²) in [5, 5.41) is 2.32. The molecule has 1 aromatic rings. The molecular weight excluding hydrogens is 238 g/mol. The summed E-state index contributed by atoms with van der Waals surface area (Å²) in [5.41, 5.74) is 1.21. The van der Waals surface area contributed by atoms with Crippen LogP contribution in [-0.2, 0) is 11.2 Å². The smallest absolute Gasteiger partial charge is 0.122 e. The van der Waals surface area contributed by atoms with E-state index in [4.69, 9.17) is 9.47 Å². The lowest BCUT2D eigenvalue weighted by molar-refractivity contribution is -0.655. The maximum atomic E-state index is 5.82. The summed E-state index contributed by atoms with van der Waals surface area (Å²) in [6.45, 7) is 7.62. The van der Waals surface area contributed by atoms with E-state index in [1.165, 1.54) is 5.56 Å². The van der Waals surface area contributed by atoms with Gasteiger partial charge >= 0.3 is 0 Å². The van der Waals surface area contributed by atoms with Crippen molar-refractivity contribution >= 4 is 0 Å². The van der Waals surface area contributed by atoms with Gasteiger partial charge in [-0.2, -0.15) is 0 Å². The van der Waals surface area contributed by atoms with Crippen molar-refractivity contribution < 1.29 is 14.8 Å². The van der Waals surface area contributed by atoms with Crippen LogP contribution in [0, 0.1) is 0 Å². The fourth-order valence-corrected chi connectivity index (χ4v) is 1.89. The largest absolute Gasteiger partial charge is 0.493 e. The number of hydrogen-bond acceptors (Lipinski definition) is 2. The molecule has 0 aromatic heterocycles. The zero-order valence-electron chi connectivity index (χ0n) is 11.9. The van der Waals surface area contributed by atoms with E-state index in [2.05, 4.69) is 18.0 Å². The molecule has 1 rings (SSSR count). The van der Waals surface area contributed by atoms with Crippen molar-refractivity contribution in [2.24, 2.45) is 0 Å². The Balaban J connectivity index is 2.13. The zero-order chi connectivity index (χ0) is 13.8. The van der Waals surface area contributed by atoms with Crippen molar-refractivity contribution in [3.8, 4) is 5.75 Å². The summed E-state index contributed by atoms with van der Waals surface area (Å²) in [4.78, 5) is 0. The van der Waals surface area contributed by atoms with E-state index in [1.807, 2.05) is 24.3 Å². The van der Waals surface area contributed by atoms with Crippen molar-refractivity contribution in [3.63, 3.8) is 0 Å². The zero-order valence-corrected chi connectivity index (χ0v) is 11.9. The molecule has 0 aliphatic heterocycles. The topological polar surface area (TPSA) is 35.1 Å². The number of allylic oxidation sites excluding steroid dienone is 1. The molecule has 0 atom stereocenters. The quantitative estimate of drug-likeness (QED) is 0.488. The second-order valence-electron chi connectivity index (χ2n) is 4.51. The number of ether oxygens (including phenoxy) is 2. The normalized spacial score (nSPS) is 10.4. The molecule has 3 heteroatoms. The van der Waals surface area contributed by atoms with Gasteiger partial charge in [-0.25, -0.2) is 0 Å². The van der Waals surface area contributed by atoms with Crippen LogP contribution in [0.5, 0.6) is 5.75 Å². The minimum absolute atomic E-state index is 0.773. The first-order chi connectivity index (χ1) is 9.38. The van der Waals surface area contributed by atoms with Crippen molar-refractivity contribution in [2.75, 3.05) is 33.4 Å². The number of rotatable bonds is 11. The van der Waals surface area contributed by atoms with Gasteiger partial charge < -0.3 is 14.8 Å². The lowest BCUT2D eigenvalue weighted by atomic mass is 10.1. The third-order valence-electron chi connectivity index (χ3n) is 2.90. The molecule has 3 nitrogen and oxygen atoms in total. The molecule has 0 saturated heterocycles. The van der Waals surface area contributed by atoms with Crippen LogP contribution in [-0.4, -0.2) is 33.4 Å². The Hall–Kier alpha value is -1.32.